The molecule has 0 aliphatic carbocycles. The monoisotopic (exact) mass is 312 g/mol. The van der Waals surface area contributed by atoms with Crippen LogP contribution in [0.5, 0.6) is 0 Å². The molecule has 0 heteroatoms. The highest BCUT2D eigenvalue weighted by Gasteiger charge is 1.95. The number of hydrogen-bond acceptors (Lipinski definition) is 0. The molecular formula is C24H24. The first-order valence-electron chi connectivity index (χ1n) is 7.66. The fourth-order valence-electron chi connectivity index (χ4n) is 2.17. The molecule has 0 fully saturated rings. The van der Waals surface area contributed by atoms with Gasteiger partial charge >= 0.3 is 0 Å². The zero-order valence-corrected chi connectivity index (χ0v) is 14.2. The van der Waals surface area contributed by atoms with Gasteiger partial charge in [-0.15, -0.1) is 0 Å². The average Bonchev–Trinajstić information content (AvgIpc) is 2.67. The lowest BCUT2D eigenvalue weighted by Crippen LogP contribution is -1.81. The van der Waals surface area contributed by atoms with Gasteiger partial charge in [0.2, 0.25) is 0 Å². The highest BCUT2D eigenvalue weighted by atomic mass is 14.0. The maximum Gasteiger partial charge on any atom is -0.0184 e. The quantitative estimate of drug-likeness (QED) is 0.527. The topological polar surface area (TPSA) is 0 Å². The molecule has 2 aromatic carbocycles. The van der Waals surface area contributed by atoms with Crippen LogP contribution < -0.4 is 0 Å². The van der Waals surface area contributed by atoms with Gasteiger partial charge in [-0.25, -0.2) is 0 Å². The molecule has 24 heavy (non-hydrogen) atoms. The Bertz CT molecular complexity index is 705. The van der Waals surface area contributed by atoms with Gasteiger partial charge in [-0.3, -0.25) is 0 Å². The summed E-state index contributed by atoms with van der Waals surface area (Å²) in [7, 11) is 0. The summed E-state index contributed by atoms with van der Waals surface area (Å²) >= 11 is 0. The Labute approximate surface area is 146 Å². The van der Waals surface area contributed by atoms with Gasteiger partial charge in [-0.05, 0) is 45.5 Å². The van der Waals surface area contributed by atoms with Crippen molar-refractivity contribution in [2.24, 2.45) is 0 Å². The van der Waals surface area contributed by atoms with E-state index >= 15 is 0 Å². The Balaban J connectivity index is 0.000000240. The van der Waals surface area contributed by atoms with E-state index in [1.165, 1.54) is 0 Å². The average molecular weight is 312 g/mol. The molecule has 2 rings (SSSR count). The summed E-state index contributed by atoms with van der Waals surface area (Å²) in [6.45, 7) is 22.3. The lowest BCUT2D eigenvalue weighted by atomic mass is 10.0. The van der Waals surface area contributed by atoms with Crippen LogP contribution in [0.3, 0.4) is 0 Å². The minimum Gasteiger partial charge on any atom is -0.0985 e. The Hall–Kier alpha value is -3.12. The first-order chi connectivity index (χ1) is 11.6. The fourth-order valence-corrected chi connectivity index (χ4v) is 2.17. The third-order valence-corrected chi connectivity index (χ3v) is 3.57. The van der Waals surface area contributed by atoms with E-state index in [2.05, 4.69) is 39.5 Å². The molecule has 2 aromatic rings. The second kappa shape index (κ2) is 9.81. The molecule has 0 bridgehead atoms. The van der Waals surface area contributed by atoms with E-state index in [-0.39, 0.29) is 0 Å². The number of rotatable bonds is 6. The summed E-state index contributed by atoms with van der Waals surface area (Å²) in [5.74, 6) is 0. The van der Waals surface area contributed by atoms with Crippen LogP contribution in [0.1, 0.15) is 33.4 Å². The molecule has 0 N–H and O–H groups in total. The molecule has 0 saturated carbocycles. The van der Waals surface area contributed by atoms with Crippen LogP contribution in [0.25, 0.3) is 36.5 Å². The van der Waals surface area contributed by atoms with Crippen molar-refractivity contribution >= 4 is 36.5 Å². The Morgan fingerprint density at radius 1 is 0.417 bits per heavy atom. The third kappa shape index (κ3) is 4.96. The molecule has 0 unspecified atom stereocenters. The predicted octanol–water partition coefficient (Wildman–Crippen LogP) is 7.23. The van der Waals surface area contributed by atoms with E-state index < -0.39 is 0 Å². The Morgan fingerprint density at radius 2 is 0.750 bits per heavy atom. The fraction of sp³-hybridized carbons (Fsp3) is 0. The standard InChI is InChI=1S/2C12H12/c2*1-4-10-7-8-11(5-2)12(6-3)9-10/h2*4-9H,1-3H2. The molecular weight excluding hydrogens is 288 g/mol. The highest BCUT2D eigenvalue weighted by Crippen LogP contribution is 2.15. The van der Waals surface area contributed by atoms with Crippen LogP contribution in [0.2, 0.25) is 0 Å². The van der Waals surface area contributed by atoms with Crippen LogP contribution >= 0.6 is 0 Å². The minimum absolute atomic E-state index is 1.10. The molecule has 0 radical (unpaired) electrons. The van der Waals surface area contributed by atoms with E-state index in [1.54, 1.807) is 0 Å². The normalized spacial score (nSPS) is 9.00. The van der Waals surface area contributed by atoms with Crippen LogP contribution in [0, 0.1) is 0 Å². The van der Waals surface area contributed by atoms with Crippen molar-refractivity contribution in [3.05, 3.63) is 109 Å². The SMILES string of the molecule is C=Cc1ccc(C=C)c(C=C)c1.C=Cc1ccc(C=C)c(C=C)c1. The van der Waals surface area contributed by atoms with Gasteiger partial charge in [-0.1, -0.05) is 100 Å². The number of hydrogen-bond donors (Lipinski definition) is 0. The lowest BCUT2D eigenvalue weighted by Gasteiger charge is -2.01. The van der Waals surface area contributed by atoms with E-state index in [0.717, 1.165) is 33.4 Å². The molecule has 0 nitrogen and oxygen atoms in total. The molecule has 0 spiro atoms. The first-order valence-corrected chi connectivity index (χ1v) is 7.66. The van der Waals surface area contributed by atoms with Gasteiger partial charge in [0.15, 0.2) is 0 Å². The van der Waals surface area contributed by atoms with Gasteiger partial charge in [0.1, 0.15) is 0 Å². The predicted molar refractivity (Wildman–Crippen MR) is 113 cm³/mol. The van der Waals surface area contributed by atoms with Crippen molar-refractivity contribution in [1.82, 2.24) is 0 Å². The van der Waals surface area contributed by atoms with Crippen LogP contribution in [-0.2, 0) is 0 Å². The largest absolute Gasteiger partial charge is 0.0985 e. The van der Waals surface area contributed by atoms with Crippen molar-refractivity contribution < 1.29 is 0 Å². The van der Waals surface area contributed by atoms with Crippen LogP contribution in [-0.4, -0.2) is 0 Å². The van der Waals surface area contributed by atoms with E-state index in [4.69, 9.17) is 0 Å². The van der Waals surface area contributed by atoms with E-state index in [0.29, 0.717) is 0 Å². The van der Waals surface area contributed by atoms with Gasteiger partial charge < -0.3 is 0 Å². The summed E-state index contributed by atoms with van der Waals surface area (Å²) in [5, 5.41) is 0. The van der Waals surface area contributed by atoms with E-state index in [9.17, 15) is 0 Å². The highest BCUT2D eigenvalue weighted by molar-refractivity contribution is 5.67. The molecule has 0 atom stereocenters. The first kappa shape index (κ1) is 18.9. The van der Waals surface area contributed by atoms with Crippen LogP contribution in [0.15, 0.2) is 75.9 Å². The van der Waals surface area contributed by atoms with E-state index in [1.807, 2.05) is 72.9 Å². The van der Waals surface area contributed by atoms with Crippen molar-refractivity contribution in [2.75, 3.05) is 0 Å². The molecule has 0 aliphatic heterocycles. The third-order valence-electron chi connectivity index (χ3n) is 3.57. The Kier molecular flexibility index (Phi) is 7.73. The summed E-state index contributed by atoms with van der Waals surface area (Å²) < 4.78 is 0. The van der Waals surface area contributed by atoms with Gasteiger partial charge in [0.05, 0.1) is 0 Å². The molecule has 0 aliphatic rings. The molecule has 0 heterocycles. The maximum absolute atomic E-state index is 3.73. The van der Waals surface area contributed by atoms with Crippen molar-refractivity contribution in [1.29, 1.82) is 0 Å². The van der Waals surface area contributed by atoms with Crippen molar-refractivity contribution in [3.63, 3.8) is 0 Å². The molecule has 0 aromatic heterocycles. The van der Waals surface area contributed by atoms with Crippen LogP contribution in [0.4, 0.5) is 0 Å². The summed E-state index contributed by atoms with van der Waals surface area (Å²) in [5.41, 5.74) is 6.63. The second-order valence-electron chi connectivity index (χ2n) is 5.00. The number of benzene rings is 2. The van der Waals surface area contributed by atoms with Gasteiger partial charge in [0, 0.05) is 0 Å². The Morgan fingerprint density at radius 3 is 1.00 bits per heavy atom. The lowest BCUT2D eigenvalue weighted by molar-refractivity contribution is 1.59. The van der Waals surface area contributed by atoms with Crippen molar-refractivity contribution in [3.8, 4) is 0 Å². The zero-order chi connectivity index (χ0) is 17.9. The molecule has 0 saturated heterocycles. The van der Waals surface area contributed by atoms with Gasteiger partial charge in [-0.2, -0.15) is 0 Å². The second-order valence-corrected chi connectivity index (χ2v) is 5.00. The van der Waals surface area contributed by atoms with Crippen molar-refractivity contribution in [2.45, 2.75) is 0 Å². The molecule has 120 valence electrons. The molecule has 0 amide bonds. The zero-order valence-electron chi connectivity index (χ0n) is 14.2. The maximum atomic E-state index is 3.73. The summed E-state index contributed by atoms with van der Waals surface area (Å²) in [6.07, 6.45) is 10.9. The van der Waals surface area contributed by atoms with Gasteiger partial charge in [0.25, 0.3) is 0 Å². The minimum atomic E-state index is 1.10. The summed E-state index contributed by atoms with van der Waals surface area (Å²) in [4.78, 5) is 0. The smallest absolute Gasteiger partial charge is 0.0184 e. The summed E-state index contributed by atoms with van der Waals surface area (Å²) in [6, 6.07) is 12.1.